The smallest absolute Gasteiger partial charge is 0.339 e. The number of nitrogens with zero attached hydrogens (tertiary/aromatic N) is 3. The number of carbonyl (C=O) groups is 2. The van der Waals surface area contributed by atoms with Gasteiger partial charge in [0, 0.05) is 11.1 Å². The molecule has 36 heavy (non-hydrogen) atoms. The van der Waals surface area contributed by atoms with Crippen LogP contribution < -0.4 is 0 Å². The minimum absolute atomic E-state index is 0.257. The Kier molecular flexibility index (Phi) is 6.41. The molecule has 0 amide bonds. The Morgan fingerprint density at radius 1 is 0.806 bits per heavy atom. The predicted octanol–water partition coefficient (Wildman–Crippen LogP) is 5.88. The number of hydrogen-bond donors (Lipinski definition) is 0. The molecular weight excluding hydrogens is 450 g/mol. The molecule has 6 nitrogen and oxygen atoms in total. The molecule has 178 valence electrons. The highest BCUT2D eigenvalue weighted by atomic mass is 16.5. The van der Waals surface area contributed by atoms with Crippen molar-refractivity contribution in [2.24, 2.45) is 0 Å². The van der Waals surface area contributed by atoms with Crippen LogP contribution in [-0.2, 0) is 11.3 Å². The first-order chi connectivity index (χ1) is 17.5. The topological polar surface area (TPSA) is 74.1 Å². The summed E-state index contributed by atoms with van der Waals surface area (Å²) in [5, 5.41) is 8.40. The van der Waals surface area contributed by atoms with Gasteiger partial charge in [-0.15, -0.1) is 5.10 Å². The van der Waals surface area contributed by atoms with Crippen molar-refractivity contribution < 1.29 is 14.3 Å². The second-order valence-electron chi connectivity index (χ2n) is 8.79. The highest BCUT2D eigenvalue weighted by Gasteiger charge is 2.27. The quantitative estimate of drug-likeness (QED) is 0.217. The molecule has 0 bridgehead atoms. The highest BCUT2D eigenvalue weighted by molar-refractivity contribution is 6.02. The van der Waals surface area contributed by atoms with E-state index in [1.807, 2.05) is 85.3 Å². The fraction of sp³-hybridized carbons (Fsp3) is 0.133. The number of fused-ring (bicyclic) bond motifs is 1. The van der Waals surface area contributed by atoms with Crippen LogP contribution >= 0.6 is 0 Å². The lowest BCUT2D eigenvalue weighted by Crippen LogP contribution is -2.20. The normalized spacial score (nSPS) is 11.8. The van der Waals surface area contributed by atoms with E-state index >= 15 is 0 Å². The maximum absolute atomic E-state index is 13.4. The molecule has 0 saturated heterocycles. The number of hydrogen-bond acceptors (Lipinski definition) is 5. The van der Waals surface area contributed by atoms with Crippen LogP contribution in [0.1, 0.15) is 49.1 Å². The molecule has 1 atom stereocenters. The first-order valence-corrected chi connectivity index (χ1v) is 11.7. The van der Waals surface area contributed by atoms with Crippen molar-refractivity contribution in [1.29, 1.82) is 0 Å². The molecule has 0 aliphatic heterocycles. The summed E-state index contributed by atoms with van der Waals surface area (Å²) < 4.78 is 7.61. The van der Waals surface area contributed by atoms with Crippen LogP contribution in [0.25, 0.3) is 11.0 Å². The number of aromatic nitrogens is 3. The number of ether oxygens (including phenoxy) is 1. The van der Waals surface area contributed by atoms with Gasteiger partial charge in [0.15, 0.2) is 6.10 Å². The number of carbonyl (C=O) groups excluding carboxylic acids is 2. The van der Waals surface area contributed by atoms with Crippen LogP contribution in [0, 0.1) is 13.8 Å². The third-order valence-electron chi connectivity index (χ3n) is 6.30. The van der Waals surface area contributed by atoms with Gasteiger partial charge in [-0.3, -0.25) is 4.79 Å². The second kappa shape index (κ2) is 9.96. The molecule has 0 aliphatic carbocycles. The molecule has 0 unspecified atom stereocenters. The third kappa shape index (κ3) is 4.79. The molecule has 1 heterocycles. The minimum atomic E-state index is -1.04. The van der Waals surface area contributed by atoms with Crippen molar-refractivity contribution in [3.63, 3.8) is 0 Å². The van der Waals surface area contributed by atoms with Gasteiger partial charge >= 0.3 is 5.97 Å². The largest absolute Gasteiger partial charge is 0.445 e. The summed E-state index contributed by atoms with van der Waals surface area (Å²) in [5.74, 6) is -0.814. The van der Waals surface area contributed by atoms with Gasteiger partial charge in [0.2, 0.25) is 5.78 Å². The van der Waals surface area contributed by atoms with Gasteiger partial charge in [-0.25, -0.2) is 9.48 Å². The highest BCUT2D eigenvalue weighted by Crippen LogP contribution is 2.25. The van der Waals surface area contributed by atoms with Crippen LogP contribution in [0.15, 0.2) is 97.1 Å². The van der Waals surface area contributed by atoms with Crippen LogP contribution in [0.4, 0.5) is 0 Å². The lowest BCUT2D eigenvalue weighted by atomic mass is 9.97. The predicted molar refractivity (Wildman–Crippen MR) is 138 cm³/mol. The summed E-state index contributed by atoms with van der Waals surface area (Å²) in [6, 6.07) is 29.5. The molecule has 0 radical (unpaired) electrons. The van der Waals surface area contributed by atoms with E-state index in [4.69, 9.17) is 4.74 Å². The first kappa shape index (κ1) is 23.2. The van der Waals surface area contributed by atoms with Crippen LogP contribution in [0.3, 0.4) is 0 Å². The molecule has 0 fully saturated rings. The van der Waals surface area contributed by atoms with Gasteiger partial charge in [-0.1, -0.05) is 71.9 Å². The summed E-state index contributed by atoms with van der Waals surface area (Å²) >= 11 is 0. The van der Waals surface area contributed by atoms with Crippen LogP contribution in [0.5, 0.6) is 0 Å². The molecular formula is C30H25N3O3. The Morgan fingerprint density at radius 3 is 2.25 bits per heavy atom. The zero-order valence-corrected chi connectivity index (χ0v) is 20.1. The molecule has 4 aromatic carbocycles. The SMILES string of the molecule is Cc1ccc(C(=O)[C@H](OC(=O)c2ccc(Cn3nnc4ccccc43)cc2)c2ccccc2)cc1C. The number of aryl methyl sites for hydroxylation is 2. The average Bonchev–Trinajstić information content (AvgIpc) is 3.32. The van der Waals surface area contributed by atoms with Crippen molar-refractivity contribution in [3.05, 3.63) is 130 Å². The fourth-order valence-corrected chi connectivity index (χ4v) is 4.08. The van der Waals surface area contributed by atoms with E-state index in [1.54, 1.807) is 30.3 Å². The van der Waals surface area contributed by atoms with Crippen LogP contribution in [0.2, 0.25) is 0 Å². The van der Waals surface area contributed by atoms with Crippen LogP contribution in [-0.4, -0.2) is 26.7 Å². The van der Waals surface area contributed by atoms with Crippen molar-refractivity contribution >= 4 is 22.8 Å². The lowest BCUT2D eigenvalue weighted by Gasteiger charge is -2.18. The van der Waals surface area contributed by atoms with E-state index in [9.17, 15) is 9.59 Å². The molecule has 5 aromatic rings. The monoisotopic (exact) mass is 475 g/mol. The van der Waals surface area contributed by atoms with Crippen molar-refractivity contribution in [3.8, 4) is 0 Å². The molecule has 0 saturated carbocycles. The third-order valence-corrected chi connectivity index (χ3v) is 6.30. The zero-order valence-electron chi connectivity index (χ0n) is 20.1. The number of ketones is 1. The zero-order chi connectivity index (χ0) is 25.1. The van der Waals surface area contributed by atoms with Crippen molar-refractivity contribution in [1.82, 2.24) is 15.0 Å². The molecule has 1 aromatic heterocycles. The van der Waals surface area contributed by atoms with Gasteiger partial charge in [0.1, 0.15) is 5.52 Å². The second-order valence-corrected chi connectivity index (χ2v) is 8.79. The van der Waals surface area contributed by atoms with Crippen molar-refractivity contribution in [2.75, 3.05) is 0 Å². The van der Waals surface area contributed by atoms with E-state index in [0.717, 1.165) is 27.7 Å². The van der Waals surface area contributed by atoms with Gasteiger partial charge in [0.05, 0.1) is 17.6 Å². The number of esters is 1. The average molecular weight is 476 g/mol. The van der Waals surface area contributed by atoms with Crippen molar-refractivity contribution in [2.45, 2.75) is 26.5 Å². The van der Waals surface area contributed by atoms with E-state index in [-0.39, 0.29) is 5.78 Å². The molecule has 5 rings (SSSR count). The van der Waals surface area contributed by atoms with Gasteiger partial charge in [-0.2, -0.15) is 0 Å². The minimum Gasteiger partial charge on any atom is -0.445 e. The lowest BCUT2D eigenvalue weighted by molar-refractivity contribution is 0.0280. The summed E-state index contributed by atoms with van der Waals surface area (Å²) in [6.07, 6.45) is -1.04. The number of rotatable bonds is 7. The van der Waals surface area contributed by atoms with E-state index in [2.05, 4.69) is 10.3 Å². The number of Topliss-reactive ketones (excluding diaryl/α,β-unsaturated/α-hetero) is 1. The van der Waals surface area contributed by atoms with Gasteiger partial charge in [0.25, 0.3) is 0 Å². The molecule has 6 heteroatoms. The van der Waals surface area contributed by atoms with E-state index < -0.39 is 12.1 Å². The maximum atomic E-state index is 13.4. The molecule has 0 N–H and O–H groups in total. The summed E-state index contributed by atoms with van der Waals surface area (Å²) in [6.45, 7) is 4.47. The standard InChI is InChI=1S/C30H25N3O3/c1-20-12-15-25(18-21(20)2)28(34)29(23-8-4-3-5-9-23)36-30(35)24-16-13-22(14-17-24)19-33-27-11-7-6-10-26(27)31-32-33/h3-18,29H,19H2,1-2H3/t29-/m1/s1. The Hall–Kier alpha value is -4.58. The maximum Gasteiger partial charge on any atom is 0.339 e. The fourth-order valence-electron chi connectivity index (χ4n) is 4.08. The summed E-state index contributed by atoms with van der Waals surface area (Å²) in [4.78, 5) is 26.5. The van der Waals surface area contributed by atoms with Gasteiger partial charge in [-0.05, 0) is 60.9 Å². The number of para-hydroxylation sites is 1. The van der Waals surface area contributed by atoms with E-state index in [0.29, 0.717) is 23.2 Å². The first-order valence-electron chi connectivity index (χ1n) is 11.7. The number of benzene rings is 4. The molecule has 0 spiro atoms. The van der Waals surface area contributed by atoms with E-state index in [1.165, 1.54) is 0 Å². The Morgan fingerprint density at radius 2 is 1.50 bits per heavy atom. The van der Waals surface area contributed by atoms with Gasteiger partial charge < -0.3 is 4.74 Å². The summed E-state index contributed by atoms with van der Waals surface area (Å²) in [7, 11) is 0. The Labute approximate surface area is 209 Å². The Bertz CT molecular complexity index is 1540. The molecule has 0 aliphatic rings. The Balaban J connectivity index is 1.36. The summed E-state index contributed by atoms with van der Waals surface area (Å²) in [5.41, 5.74) is 6.35.